The van der Waals surface area contributed by atoms with E-state index in [1.54, 1.807) is 12.3 Å². The Morgan fingerprint density at radius 1 is 1.22 bits per heavy atom. The summed E-state index contributed by atoms with van der Waals surface area (Å²) >= 11 is 0. The third-order valence-electron chi connectivity index (χ3n) is 2.94. The molecule has 1 heterocycles. The number of anilines is 1. The minimum Gasteiger partial charge on any atom is -0.310 e. The Labute approximate surface area is 109 Å². The third-order valence-corrected chi connectivity index (χ3v) is 2.94. The fraction of sp³-hybridized carbons (Fsp3) is 0.643. The highest BCUT2D eigenvalue weighted by molar-refractivity contribution is 5.93. The summed E-state index contributed by atoms with van der Waals surface area (Å²) in [4.78, 5) is 20.0. The van der Waals surface area contributed by atoms with Crippen LogP contribution in [0.1, 0.15) is 47.5 Å². The summed E-state index contributed by atoms with van der Waals surface area (Å²) in [7, 11) is 0. The van der Waals surface area contributed by atoms with Gasteiger partial charge in [-0.2, -0.15) is 0 Å². The minimum atomic E-state index is -0.391. The highest BCUT2D eigenvalue weighted by atomic mass is 16.2. The van der Waals surface area contributed by atoms with Crippen molar-refractivity contribution in [1.29, 1.82) is 0 Å². The smallest absolute Gasteiger partial charge is 0.231 e. The van der Waals surface area contributed by atoms with Gasteiger partial charge in [0.05, 0.1) is 0 Å². The molecule has 0 saturated heterocycles. The Hall–Kier alpha value is -1.45. The fourth-order valence-electron chi connectivity index (χ4n) is 1.45. The van der Waals surface area contributed by atoms with Crippen molar-refractivity contribution in [2.24, 2.45) is 10.8 Å². The molecule has 100 valence electrons. The molecule has 4 heteroatoms. The van der Waals surface area contributed by atoms with Crippen LogP contribution in [0, 0.1) is 10.8 Å². The van der Waals surface area contributed by atoms with E-state index in [2.05, 4.69) is 36.1 Å². The number of hydrogen-bond donors (Lipinski definition) is 1. The average molecular weight is 249 g/mol. The predicted molar refractivity (Wildman–Crippen MR) is 73.1 cm³/mol. The first-order valence-corrected chi connectivity index (χ1v) is 6.28. The van der Waals surface area contributed by atoms with Crippen molar-refractivity contribution in [1.82, 2.24) is 9.97 Å². The molecule has 1 aromatic rings. The maximum atomic E-state index is 12.2. The van der Waals surface area contributed by atoms with E-state index >= 15 is 0 Å². The zero-order valence-electron chi connectivity index (χ0n) is 11.9. The van der Waals surface area contributed by atoms with E-state index in [9.17, 15) is 4.79 Å². The number of aromatic nitrogens is 2. The number of nitrogens with one attached hydrogen (secondary N) is 1. The second-order valence-corrected chi connectivity index (χ2v) is 6.49. The first-order chi connectivity index (χ1) is 8.21. The standard InChI is InChI=1S/C14H23N3O/c1-13(2,3)7-8-14(4,5)12(18)17-11-6-9-15-10-16-11/h6,9-10H,7-8H2,1-5H3,(H,15,16,17,18). The van der Waals surface area contributed by atoms with Gasteiger partial charge < -0.3 is 5.32 Å². The van der Waals surface area contributed by atoms with Crippen molar-refractivity contribution in [3.05, 3.63) is 18.6 Å². The second-order valence-electron chi connectivity index (χ2n) is 6.49. The Bertz CT molecular complexity index is 393. The van der Waals surface area contributed by atoms with E-state index < -0.39 is 5.41 Å². The number of nitrogens with zero attached hydrogens (tertiary/aromatic N) is 2. The number of carbonyl (C=O) groups excluding carboxylic acids is 1. The Morgan fingerprint density at radius 3 is 2.39 bits per heavy atom. The molecule has 4 nitrogen and oxygen atoms in total. The van der Waals surface area contributed by atoms with Crippen molar-refractivity contribution in [2.75, 3.05) is 5.32 Å². The van der Waals surface area contributed by atoms with Crippen molar-refractivity contribution in [3.63, 3.8) is 0 Å². The van der Waals surface area contributed by atoms with E-state index in [0.717, 1.165) is 12.8 Å². The van der Waals surface area contributed by atoms with Crippen molar-refractivity contribution in [2.45, 2.75) is 47.5 Å². The molecule has 0 aliphatic rings. The van der Waals surface area contributed by atoms with Crippen molar-refractivity contribution in [3.8, 4) is 0 Å². The number of carbonyl (C=O) groups is 1. The molecule has 0 spiro atoms. The topological polar surface area (TPSA) is 54.9 Å². The number of hydrogen-bond acceptors (Lipinski definition) is 3. The molecule has 0 atom stereocenters. The largest absolute Gasteiger partial charge is 0.310 e. The van der Waals surface area contributed by atoms with Gasteiger partial charge in [0.2, 0.25) is 5.91 Å². The summed E-state index contributed by atoms with van der Waals surface area (Å²) in [5, 5.41) is 2.83. The van der Waals surface area contributed by atoms with E-state index in [0.29, 0.717) is 5.82 Å². The van der Waals surface area contributed by atoms with Crippen LogP contribution < -0.4 is 5.32 Å². The monoisotopic (exact) mass is 249 g/mol. The van der Waals surface area contributed by atoms with Crippen LogP contribution >= 0.6 is 0 Å². The minimum absolute atomic E-state index is 0.00505. The fourth-order valence-corrected chi connectivity index (χ4v) is 1.45. The Morgan fingerprint density at radius 2 is 1.89 bits per heavy atom. The molecule has 1 N–H and O–H groups in total. The highest BCUT2D eigenvalue weighted by Crippen LogP contribution is 2.31. The van der Waals surface area contributed by atoms with Crippen LogP contribution in [0.3, 0.4) is 0 Å². The molecule has 0 fully saturated rings. The van der Waals surface area contributed by atoms with Crippen LogP contribution in [-0.4, -0.2) is 15.9 Å². The van der Waals surface area contributed by atoms with Gasteiger partial charge >= 0.3 is 0 Å². The molecule has 0 unspecified atom stereocenters. The van der Waals surface area contributed by atoms with Crippen LogP contribution in [0.4, 0.5) is 5.82 Å². The summed E-state index contributed by atoms with van der Waals surface area (Å²) in [5.41, 5.74) is -0.148. The van der Waals surface area contributed by atoms with Crippen molar-refractivity contribution >= 4 is 11.7 Å². The van der Waals surface area contributed by atoms with Crippen molar-refractivity contribution < 1.29 is 4.79 Å². The third kappa shape index (κ3) is 4.82. The summed E-state index contributed by atoms with van der Waals surface area (Å²) in [6, 6.07) is 1.69. The van der Waals surface area contributed by atoms with Crippen LogP contribution in [-0.2, 0) is 4.79 Å². The molecular formula is C14H23N3O. The molecule has 1 amide bonds. The SMILES string of the molecule is CC(C)(C)CCC(C)(C)C(=O)Nc1ccncn1. The lowest BCUT2D eigenvalue weighted by Gasteiger charge is -2.27. The highest BCUT2D eigenvalue weighted by Gasteiger charge is 2.29. The summed E-state index contributed by atoms with van der Waals surface area (Å²) in [5.74, 6) is 0.560. The lowest BCUT2D eigenvalue weighted by molar-refractivity contribution is -0.124. The normalized spacial score (nSPS) is 12.3. The molecule has 0 aliphatic carbocycles. The average Bonchev–Trinajstić information content (AvgIpc) is 2.27. The Balaban J connectivity index is 2.59. The zero-order chi connectivity index (χ0) is 13.8. The Kier molecular flexibility index (Phi) is 4.43. The van der Waals surface area contributed by atoms with Crippen LogP contribution in [0.25, 0.3) is 0 Å². The van der Waals surface area contributed by atoms with Gasteiger partial charge in [-0.3, -0.25) is 4.79 Å². The second kappa shape index (κ2) is 5.46. The van der Waals surface area contributed by atoms with Gasteiger partial charge in [-0.05, 0) is 24.3 Å². The quantitative estimate of drug-likeness (QED) is 0.891. The first kappa shape index (κ1) is 14.6. The molecular weight excluding hydrogens is 226 g/mol. The van der Waals surface area contributed by atoms with E-state index in [4.69, 9.17) is 0 Å². The summed E-state index contributed by atoms with van der Waals surface area (Å²) in [6.07, 6.45) is 4.91. The molecule has 0 bridgehead atoms. The van der Waals surface area contributed by atoms with Gasteiger partial charge in [-0.1, -0.05) is 34.6 Å². The zero-order valence-corrected chi connectivity index (χ0v) is 11.9. The maximum Gasteiger partial charge on any atom is 0.231 e. The molecule has 0 aromatic carbocycles. The lowest BCUT2D eigenvalue weighted by Crippen LogP contribution is -2.32. The van der Waals surface area contributed by atoms with Crippen LogP contribution in [0.2, 0.25) is 0 Å². The predicted octanol–water partition coefficient (Wildman–Crippen LogP) is 3.27. The molecule has 0 saturated carbocycles. The van der Waals surface area contributed by atoms with Crippen LogP contribution in [0.5, 0.6) is 0 Å². The van der Waals surface area contributed by atoms with Gasteiger partial charge in [0.1, 0.15) is 12.1 Å². The summed E-state index contributed by atoms with van der Waals surface area (Å²) in [6.45, 7) is 10.5. The van der Waals surface area contributed by atoms with Crippen LogP contribution in [0.15, 0.2) is 18.6 Å². The van der Waals surface area contributed by atoms with E-state index in [1.165, 1.54) is 6.33 Å². The van der Waals surface area contributed by atoms with Gasteiger partial charge in [-0.25, -0.2) is 9.97 Å². The van der Waals surface area contributed by atoms with E-state index in [-0.39, 0.29) is 11.3 Å². The van der Waals surface area contributed by atoms with Gasteiger partial charge in [0.15, 0.2) is 0 Å². The number of amides is 1. The van der Waals surface area contributed by atoms with E-state index in [1.807, 2.05) is 13.8 Å². The molecule has 0 radical (unpaired) electrons. The molecule has 1 rings (SSSR count). The maximum absolute atomic E-state index is 12.2. The lowest BCUT2D eigenvalue weighted by atomic mass is 9.79. The molecule has 1 aromatic heterocycles. The summed E-state index contributed by atoms with van der Waals surface area (Å²) < 4.78 is 0. The van der Waals surface area contributed by atoms with Gasteiger partial charge in [-0.15, -0.1) is 0 Å². The first-order valence-electron chi connectivity index (χ1n) is 6.28. The molecule has 0 aliphatic heterocycles. The number of rotatable bonds is 4. The van der Waals surface area contributed by atoms with Gasteiger partial charge in [0, 0.05) is 11.6 Å². The van der Waals surface area contributed by atoms with Gasteiger partial charge in [0.25, 0.3) is 0 Å². The molecule has 18 heavy (non-hydrogen) atoms.